The Labute approximate surface area is 124 Å². The van der Waals surface area contributed by atoms with E-state index in [2.05, 4.69) is 17.2 Å². The Kier molecular flexibility index (Phi) is 5.37. The lowest BCUT2D eigenvalue weighted by atomic mass is 9.99. The Hall–Kier alpha value is -1.14. The Balaban J connectivity index is 1.74. The fourth-order valence-corrected chi connectivity index (χ4v) is 3.37. The highest BCUT2D eigenvalue weighted by Crippen LogP contribution is 2.17. The molecular formula is C14H23N3O2S. The van der Waals surface area contributed by atoms with E-state index in [4.69, 9.17) is 0 Å². The van der Waals surface area contributed by atoms with Gasteiger partial charge in [-0.2, -0.15) is 0 Å². The van der Waals surface area contributed by atoms with Crippen molar-refractivity contribution in [1.82, 2.24) is 15.2 Å². The first-order valence-electron chi connectivity index (χ1n) is 7.16. The minimum absolute atomic E-state index is 0.0202. The van der Waals surface area contributed by atoms with Crippen molar-refractivity contribution < 1.29 is 9.90 Å². The maximum atomic E-state index is 12.0. The molecule has 2 N–H and O–H groups in total. The first-order chi connectivity index (χ1) is 9.60. The van der Waals surface area contributed by atoms with Gasteiger partial charge in [-0.05, 0) is 32.6 Å². The molecule has 1 aromatic rings. The van der Waals surface area contributed by atoms with Gasteiger partial charge in [0.15, 0.2) is 0 Å². The van der Waals surface area contributed by atoms with Gasteiger partial charge in [-0.15, -0.1) is 11.3 Å². The van der Waals surface area contributed by atoms with Crippen LogP contribution in [0.15, 0.2) is 0 Å². The summed E-state index contributed by atoms with van der Waals surface area (Å²) in [6.45, 7) is 6.32. The van der Waals surface area contributed by atoms with Gasteiger partial charge in [0.25, 0.3) is 0 Å². The summed E-state index contributed by atoms with van der Waals surface area (Å²) in [4.78, 5) is 19.6. The third kappa shape index (κ3) is 3.93. The molecule has 20 heavy (non-hydrogen) atoms. The average Bonchev–Trinajstić information content (AvgIpc) is 2.77. The summed E-state index contributed by atoms with van der Waals surface area (Å²) in [5.74, 6) is 0.235. The molecule has 1 aliphatic rings. The first-order valence-corrected chi connectivity index (χ1v) is 7.98. The third-order valence-corrected chi connectivity index (χ3v) is 4.88. The van der Waals surface area contributed by atoms with Crippen molar-refractivity contribution in [2.45, 2.75) is 33.1 Å². The van der Waals surface area contributed by atoms with Crippen LogP contribution in [0.2, 0.25) is 0 Å². The molecule has 2 rings (SSSR count). The number of carbonyl (C=O) groups is 1. The quantitative estimate of drug-likeness (QED) is 0.889. The van der Waals surface area contributed by atoms with Gasteiger partial charge in [0.1, 0.15) is 0 Å². The van der Waals surface area contributed by atoms with E-state index in [1.807, 2.05) is 11.8 Å². The van der Waals surface area contributed by atoms with Crippen molar-refractivity contribution in [2.75, 3.05) is 26.2 Å². The van der Waals surface area contributed by atoms with Gasteiger partial charge in [0.2, 0.25) is 0 Å². The second-order valence-corrected chi connectivity index (χ2v) is 6.66. The molecular weight excluding hydrogens is 274 g/mol. The van der Waals surface area contributed by atoms with Crippen LogP contribution in [-0.4, -0.2) is 47.3 Å². The van der Waals surface area contributed by atoms with Crippen LogP contribution in [0, 0.1) is 19.8 Å². The summed E-state index contributed by atoms with van der Waals surface area (Å²) >= 11 is 1.70. The average molecular weight is 297 g/mol. The number of thiazole rings is 1. The summed E-state index contributed by atoms with van der Waals surface area (Å²) in [5, 5.41) is 13.2. The Morgan fingerprint density at radius 2 is 2.35 bits per heavy atom. The molecule has 0 aromatic carbocycles. The smallest absolute Gasteiger partial charge is 0.317 e. The fourth-order valence-electron chi connectivity index (χ4n) is 2.43. The van der Waals surface area contributed by atoms with Gasteiger partial charge in [-0.1, -0.05) is 0 Å². The number of hydrogen-bond donors (Lipinski definition) is 2. The number of hydrogen-bond acceptors (Lipinski definition) is 4. The molecule has 6 heteroatoms. The van der Waals surface area contributed by atoms with Crippen LogP contribution in [0.1, 0.15) is 28.4 Å². The summed E-state index contributed by atoms with van der Waals surface area (Å²) in [7, 11) is 0. The van der Waals surface area contributed by atoms with E-state index in [1.165, 1.54) is 4.88 Å². The number of nitrogens with zero attached hydrogens (tertiary/aromatic N) is 2. The molecule has 1 saturated heterocycles. The predicted molar refractivity (Wildman–Crippen MR) is 80.1 cm³/mol. The normalized spacial score (nSPS) is 19.1. The van der Waals surface area contributed by atoms with E-state index < -0.39 is 0 Å². The highest BCUT2D eigenvalue weighted by atomic mass is 32.1. The molecule has 1 aromatic heterocycles. The maximum absolute atomic E-state index is 12.0. The van der Waals surface area contributed by atoms with Gasteiger partial charge in [-0.25, -0.2) is 9.78 Å². The molecule has 0 bridgehead atoms. The number of aliphatic hydroxyl groups excluding tert-OH is 1. The van der Waals surface area contributed by atoms with Crippen LogP contribution in [0.5, 0.6) is 0 Å². The van der Waals surface area contributed by atoms with Crippen molar-refractivity contribution in [1.29, 1.82) is 0 Å². The topological polar surface area (TPSA) is 65.5 Å². The first kappa shape index (κ1) is 15.3. The summed E-state index contributed by atoms with van der Waals surface area (Å²) in [6, 6.07) is -0.0202. The van der Waals surface area contributed by atoms with Crippen molar-refractivity contribution >= 4 is 17.4 Å². The highest BCUT2D eigenvalue weighted by molar-refractivity contribution is 7.11. The molecule has 2 amide bonds. The van der Waals surface area contributed by atoms with Crippen LogP contribution < -0.4 is 5.32 Å². The summed E-state index contributed by atoms with van der Waals surface area (Å²) < 4.78 is 0. The lowest BCUT2D eigenvalue weighted by molar-refractivity contribution is 0.129. The number of likely N-dealkylation sites (tertiary alicyclic amines) is 1. The Bertz CT molecular complexity index is 442. The molecule has 0 radical (unpaired) electrons. The molecule has 1 unspecified atom stereocenters. The zero-order valence-corrected chi connectivity index (χ0v) is 13.0. The van der Waals surface area contributed by atoms with Gasteiger partial charge < -0.3 is 15.3 Å². The number of amides is 2. The van der Waals surface area contributed by atoms with E-state index in [0.29, 0.717) is 13.1 Å². The standard InChI is InChI=1S/C14H23N3O2S/c1-10-11(2)20-13(16-10)5-6-15-14(19)17-7-3-4-12(8-17)9-18/h12,18H,3-9H2,1-2H3,(H,15,19). The van der Waals surface area contributed by atoms with Gasteiger partial charge in [0, 0.05) is 37.5 Å². The number of piperidine rings is 1. The lowest BCUT2D eigenvalue weighted by Crippen LogP contribution is -2.46. The zero-order valence-electron chi connectivity index (χ0n) is 12.2. The molecule has 1 atom stereocenters. The molecule has 0 spiro atoms. The number of carbonyl (C=O) groups excluding carboxylic acids is 1. The van der Waals surface area contributed by atoms with Crippen molar-refractivity contribution in [3.8, 4) is 0 Å². The van der Waals surface area contributed by atoms with E-state index in [9.17, 15) is 9.90 Å². The monoisotopic (exact) mass is 297 g/mol. The molecule has 1 aliphatic heterocycles. The van der Waals surface area contributed by atoms with E-state index in [1.54, 1.807) is 11.3 Å². The number of urea groups is 1. The number of rotatable bonds is 4. The third-order valence-electron chi connectivity index (χ3n) is 3.75. The Morgan fingerprint density at radius 3 is 3.00 bits per heavy atom. The predicted octanol–water partition coefficient (Wildman–Crippen LogP) is 1.72. The van der Waals surface area contributed by atoms with Crippen molar-refractivity contribution in [3.05, 3.63) is 15.6 Å². The SMILES string of the molecule is Cc1nc(CCNC(=O)N2CCCC(CO)C2)sc1C. The fraction of sp³-hybridized carbons (Fsp3) is 0.714. The minimum Gasteiger partial charge on any atom is -0.396 e. The molecule has 2 heterocycles. The summed E-state index contributed by atoms with van der Waals surface area (Å²) in [6.07, 6.45) is 2.77. The molecule has 1 fully saturated rings. The van der Waals surface area contributed by atoms with Gasteiger partial charge in [0.05, 0.1) is 10.7 Å². The minimum atomic E-state index is -0.0202. The summed E-state index contributed by atoms with van der Waals surface area (Å²) in [5.41, 5.74) is 1.08. The molecule has 112 valence electrons. The highest BCUT2D eigenvalue weighted by Gasteiger charge is 2.22. The van der Waals surface area contributed by atoms with E-state index >= 15 is 0 Å². The van der Waals surface area contributed by atoms with Crippen LogP contribution in [-0.2, 0) is 6.42 Å². The van der Waals surface area contributed by atoms with E-state index in [0.717, 1.165) is 36.5 Å². The Morgan fingerprint density at radius 1 is 1.55 bits per heavy atom. The van der Waals surface area contributed by atoms with E-state index in [-0.39, 0.29) is 18.6 Å². The zero-order chi connectivity index (χ0) is 14.5. The molecule has 0 saturated carbocycles. The number of aliphatic hydroxyl groups is 1. The van der Waals surface area contributed by atoms with Gasteiger partial charge in [-0.3, -0.25) is 0 Å². The van der Waals surface area contributed by atoms with Crippen LogP contribution >= 0.6 is 11.3 Å². The second kappa shape index (κ2) is 7.04. The van der Waals surface area contributed by atoms with Gasteiger partial charge >= 0.3 is 6.03 Å². The second-order valence-electron chi connectivity index (χ2n) is 5.37. The van der Waals surface area contributed by atoms with Crippen LogP contribution in [0.4, 0.5) is 4.79 Å². The molecule has 5 nitrogen and oxygen atoms in total. The van der Waals surface area contributed by atoms with Crippen LogP contribution in [0.3, 0.4) is 0 Å². The maximum Gasteiger partial charge on any atom is 0.317 e. The molecule has 0 aliphatic carbocycles. The van der Waals surface area contributed by atoms with Crippen molar-refractivity contribution in [3.63, 3.8) is 0 Å². The number of nitrogens with one attached hydrogen (secondary N) is 1. The number of aromatic nitrogens is 1. The lowest BCUT2D eigenvalue weighted by Gasteiger charge is -2.31. The van der Waals surface area contributed by atoms with Crippen LogP contribution in [0.25, 0.3) is 0 Å². The van der Waals surface area contributed by atoms with Crippen molar-refractivity contribution in [2.24, 2.45) is 5.92 Å². The largest absolute Gasteiger partial charge is 0.396 e. The number of aryl methyl sites for hydroxylation is 2.